The van der Waals surface area contributed by atoms with Crippen molar-refractivity contribution in [3.63, 3.8) is 0 Å². The summed E-state index contributed by atoms with van der Waals surface area (Å²) in [5.74, 6) is -0.197. The highest BCUT2D eigenvalue weighted by Crippen LogP contribution is 2.28. The second-order valence-electron chi connectivity index (χ2n) is 10.5. The molecule has 12 heteroatoms. The molecule has 2 unspecified atom stereocenters. The van der Waals surface area contributed by atoms with Crippen molar-refractivity contribution in [2.45, 2.75) is 25.0 Å². The summed E-state index contributed by atoms with van der Waals surface area (Å²) >= 11 is 0. The Hall–Kier alpha value is -3.45. The van der Waals surface area contributed by atoms with E-state index >= 15 is 0 Å². The normalized spacial score (nSPS) is 22.0. The predicted molar refractivity (Wildman–Crippen MR) is 148 cm³/mol. The number of morpholine rings is 1. The van der Waals surface area contributed by atoms with E-state index in [0.29, 0.717) is 51.4 Å². The first-order valence-electron chi connectivity index (χ1n) is 14.0. The van der Waals surface area contributed by atoms with E-state index in [9.17, 15) is 19.7 Å². The zero-order valence-electron chi connectivity index (χ0n) is 22.7. The van der Waals surface area contributed by atoms with E-state index in [-0.39, 0.29) is 23.5 Å². The maximum atomic E-state index is 13.8. The summed E-state index contributed by atoms with van der Waals surface area (Å²) in [7, 11) is 0. The van der Waals surface area contributed by atoms with Crippen LogP contribution in [0.1, 0.15) is 22.3 Å². The molecular formula is C28H37N7O5. The van der Waals surface area contributed by atoms with Gasteiger partial charge in [-0.15, -0.1) is 0 Å². The number of rotatable bonds is 9. The number of nitro groups is 1. The Labute approximate surface area is 234 Å². The van der Waals surface area contributed by atoms with Crippen LogP contribution >= 0.6 is 0 Å². The molecule has 3 aliphatic heterocycles. The molecule has 0 bridgehead atoms. The molecular weight excluding hydrogens is 514 g/mol. The number of non-ortho nitro benzene ring substituents is 1. The maximum absolute atomic E-state index is 13.8. The number of carbonyl (C=O) groups is 2. The highest BCUT2D eigenvalue weighted by atomic mass is 16.6. The zero-order chi connectivity index (χ0) is 27.9. The number of hydrogen-bond acceptors (Lipinski definition) is 9. The third-order valence-corrected chi connectivity index (χ3v) is 8.02. The van der Waals surface area contributed by atoms with Crippen molar-refractivity contribution in [2.75, 3.05) is 72.1 Å². The molecule has 3 fully saturated rings. The van der Waals surface area contributed by atoms with Gasteiger partial charge in [0.15, 0.2) is 0 Å². The van der Waals surface area contributed by atoms with Crippen molar-refractivity contribution < 1.29 is 19.2 Å². The van der Waals surface area contributed by atoms with Crippen LogP contribution in [0, 0.1) is 10.1 Å². The van der Waals surface area contributed by atoms with Crippen LogP contribution in [0.2, 0.25) is 0 Å². The SMILES string of the molecule is O=C(C1CC(N(CCN2CCOCC2)Cc2ccc([N+](=O)[O-])cc2)CN1C(=O)c1cccnc1)N1CCNCC1. The predicted octanol–water partition coefficient (Wildman–Crippen LogP) is 0.839. The van der Waals surface area contributed by atoms with Crippen LogP contribution in [0.4, 0.5) is 5.69 Å². The molecule has 0 radical (unpaired) electrons. The molecule has 1 aromatic heterocycles. The molecule has 0 spiro atoms. The van der Waals surface area contributed by atoms with Crippen molar-refractivity contribution in [2.24, 2.45) is 0 Å². The van der Waals surface area contributed by atoms with Crippen LogP contribution < -0.4 is 5.32 Å². The summed E-state index contributed by atoms with van der Waals surface area (Å²) in [4.78, 5) is 50.6. The number of ether oxygens (including phenoxy) is 1. The lowest BCUT2D eigenvalue weighted by molar-refractivity contribution is -0.384. The largest absolute Gasteiger partial charge is 0.379 e. The molecule has 40 heavy (non-hydrogen) atoms. The molecule has 0 aliphatic carbocycles. The minimum absolute atomic E-state index is 0.00953. The minimum atomic E-state index is -0.557. The lowest BCUT2D eigenvalue weighted by Crippen LogP contribution is -2.53. The molecule has 5 rings (SSSR count). The number of benzene rings is 1. The van der Waals surface area contributed by atoms with E-state index in [1.54, 1.807) is 41.6 Å². The minimum Gasteiger partial charge on any atom is -0.379 e. The molecule has 1 N–H and O–H groups in total. The van der Waals surface area contributed by atoms with Crippen LogP contribution in [0.5, 0.6) is 0 Å². The number of likely N-dealkylation sites (tertiary alicyclic amines) is 1. The average Bonchev–Trinajstić information content (AvgIpc) is 3.45. The molecule has 2 atom stereocenters. The fourth-order valence-electron chi connectivity index (χ4n) is 5.73. The first-order valence-corrected chi connectivity index (χ1v) is 14.0. The molecule has 1 aromatic carbocycles. The van der Waals surface area contributed by atoms with E-state index in [0.717, 1.165) is 44.8 Å². The number of nitrogens with one attached hydrogen (secondary N) is 1. The first-order chi connectivity index (χ1) is 19.5. The standard InChI is InChI=1S/C28H37N7O5/c36-27(23-2-1-7-30-19-23)34-21-25(18-26(34)28(37)32-10-8-29-9-11-32)33(13-12-31-14-16-40-17-15-31)20-22-3-5-24(6-4-22)35(38)39/h1-7,19,25-26,29H,8-18,20-21H2. The molecule has 3 aliphatic rings. The van der Waals surface area contributed by atoms with Gasteiger partial charge in [-0.25, -0.2) is 0 Å². The van der Waals surface area contributed by atoms with E-state index in [1.165, 1.54) is 12.1 Å². The number of amides is 2. The Morgan fingerprint density at radius 3 is 2.52 bits per heavy atom. The molecule has 2 amide bonds. The fourth-order valence-corrected chi connectivity index (χ4v) is 5.73. The van der Waals surface area contributed by atoms with E-state index in [1.807, 2.05) is 4.90 Å². The third-order valence-electron chi connectivity index (χ3n) is 8.02. The molecule has 12 nitrogen and oxygen atoms in total. The van der Waals surface area contributed by atoms with Gasteiger partial charge in [-0.3, -0.25) is 34.5 Å². The average molecular weight is 552 g/mol. The Morgan fingerprint density at radius 2 is 1.85 bits per heavy atom. The maximum Gasteiger partial charge on any atom is 0.269 e. The van der Waals surface area contributed by atoms with Crippen molar-refractivity contribution in [1.29, 1.82) is 0 Å². The number of pyridine rings is 1. The van der Waals surface area contributed by atoms with Gasteiger partial charge >= 0.3 is 0 Å². The number of carbonyl (C=O) groups excluding carboxylic acids is 2. The van der Waals surface area contributed by atoms with Gasteiger partial charge in [0.25, 0.3) is 11.6 Å². The monoisotopic (exact) mass is 551 g/mol. The van der Waals surface area contributed by atoms with Crippen LogP contribution in [-0.2, 0) is 16.1 Å². The Kier molecular flexibility index (Phi) is 9.32. The summed E-state index contributed by atoms with van der Waals surface area (Å²) in [6, 6.07) is 9.50. The van der Waals surface area contributed by atoms with Gasteiger partial charge in [0, 0.05) is 96.0 Å². The lowest BCUT2D eigenvalue weighted by Gasteiger charge is -2.33. The van der Waals surface area contributed by atoms with Gasteiger partial charge in [0.1, 0.15) is 6.04 Å². The first kappa shape index (κ1) is 28.1. The number of nitrogens with zero attached hydrogens (tertiary/aromatic N) is 6. The van der Waals surface area contributed by atoms with E-state index in [4.69, 9.17) is 4.74 Å². The van der Waals surface area contributed by atoms with E-state index in [2.05, 4.69) is 20.1 Å². The molecule has 0 saturated carbocycles. The highest BCUT2D eigenvalue weighted by molar-refractivity contribution is 5.97. The Morgan fingerprint density at radius 1 is 1.10 bits per heavy atom. The summed E-state index contributed by atoms with van der Waals surface area (Å²) in [6.45, 7) is 8.44. The molecule has 214 valence electrons. The lowest BCUT2D eigenvalue weighted by atomic mass is 10.1. The number of aromatic nitrogens is 1. The van der Waals surface area contributed by atoms with Crippen molar-refractivity contribution in [1.82, 2.24) is 29.9 Å². The summed E-state index contributed by atoms with van der Waals surface area (Å²) in [6.07, 6.45) is 3.71. The smallest absolute Gasteiger partial charge is 0.269 e. The van der Waals surface area contributed by atoms with Crippen molar-refractivity contribution in [3.05, 3.63) is 70.0 Å². The van der Waals surface area contributed by atoms with Crippen LogP contribution in [0.3, 0.4) is 0 Å². The quantitative estimate of drug-likeness (QED) is 0.357. The van der Waals surface area contributed by atoms with Gasteiger partial charge in [0.05, 0.1) is 23.7 Å². The van der Waals surface area contributed by atoms with E-state index < -0.39 is 11.0 Å². The number of hydrogen-bond donors (Lipinski definition) is 1. The van der Waals surface area contributed by atoms with Gasteiger partial charge in [0.2, 0.25) is 5.91 Å². The summed E-state index contributed by atoms with van der Waals surface area (Å²) < 4.78 is 5.51. The van der Waals surface area contributed by atoms with Crippen LogP contribution in [0.15, 0.2) is 48.8 Å². The summed E-state index contributed by atoms with van der Waals surface area (Å²) in [5, 5.41) is 14.5. The topological polar surface area (TPSA) is 124 Å². The molecule has 4 heterocycles. The van der Waals surface area contributed by atoms with Gasteiger partial charge in [-0.05, 0) is 24.1 Å². The number of nitro benzene ring substituents is 1. The van der Waals surface area contributed by atoms with Gasteiger partial charge < -0.3 is 19.9 Å². The van der Waals surface area contributed by atoms with Gasteiger partial charge in [-0.1, -0.05) is 12.1 Å². The summed E-state index contributed by atoms with van der Waals surface area (Å²) in [5.41, 5.74) is 1.48. The second kappa shape index (κ2) is 13.3. The molecule has 3 saturated heterocycles. The van der Waals surface area contributed by atoms with Gasteiger partial charge in [-0.2, -0.15) is 0 Å². The Bertz CT molecular complexity index is 1150. The Balaban J connectivity index is 1.38. The molecule has 2 aromatic rings. The highest BCUT2D eigenvalue weighted by Gasteiger charge is 2.43. The van der Waals surface area contributed by atoms with Crippen LogP contribution in [-0.4, -0.2) is 126 Å². The third kappa shape index (κ3) is 6.81. The second-order valence-corrected chi connectivity index (χ2v) is 10.5. The number of piperazine rings is 1. The van der Waals surface area contributed by atoms with Crippen molar-refractivity contribution in [3.8, 4) is 0 Å². The fraction of sp³-hybridized carbons (Fsp3) is 0.536. The van der Waals surface area contributed by atoms with Crippen molar-refractivity contribution >= 4 is 17.5 Å². The van der Waals surface area contributed by atoms with Crippen LogP contribution in [0.25, 0.3) is 0 Å². The zero-order valence-corrected chi connectivity index (χ0v) is 22.7.